The number of hydrogen-bond acceptors (Lipinski definition) is 5. The van der Waals surface area contributed by atoms with Crippen molar-refractivity contribution in [2.24, 2.45) is 0 Å². The fourth-order valence-corrected chi connectivity index (χ4v) is 4.75. The number of benzene rings is 2. The first-order valence-electron chi connectivity index (χ1n) is 12.0. The molecular weight excluding hydrogens is 495 g/mol. The molecule has 1 heterocycles. The third kappa shape index (κ3) is 8.19. The molecule has 37 heavy (non-hydrogen) atoms. The van der Waals surface area contributed by atoms with Gasteiger partial charge in [-0.2, -0.15) is 0 Å². The van der Waals surface area contributed by atoms with Gasteiger partial charge in [-0.3, -0.25) is 14.6 Å². The number of halogens is 1. The van der Waals surface area contributed by atoms with E-state index in [1.807, 2.05) is 0 Å². The number of amides is 2. The van der Waals surface area contributed by atoms with Crippen molar-refractivity contribution in [1.29, 1.82) is 0 Å². The summed E-state index contributed by atoms with van der Waals surface area (Å²) in [7, 11) is -3.56. The number of hydrogen-bond donors (Lipinski definition) is 2. The highest BCUT2D eigenvalue weighted by molar-refractivity contribution is 7.89. The molecule has 0 radical (unpaired) electrons. The molecule has 0 aliphatic rings. The Labute approximate surface area is 217 Å². The van der Waals surface area contributed by atoms with Crippen molar-refractivity contribution >= 4 is 21.8 Å². The largest absolute Gasteiger partial charge is 0.350 e. The SMILES string of the molecule is CCNS(=O)(=O)c1ccc(CCC(=O)N(Cc2ccc(F)cc2)[C@H](C)C(=O)NCc2ccncc2)cc1. The second-order valence-electron chi connectivity index (χ2n) is 8.54. The van der Waals surface area contributed by atoms with Gasteiger partial charge in [0.25, 0.3) is 0 Å². The lowest BCUT2D eigenvalue weighted by Crippen LogP contribution is -2.47. The van der Waals surface area contributed by atoms with Crippen molar-refractivity contribution in [1.82, 2.24) is 19.9 Å². The Morgan fingerprint density at radius 1 is 0.946 bits per heavy atom. The summed E-state index contributed by atoms with van der Waals surface area (Å²) in [6.07, 6.45) is 3.75. The van der Waals surface area contributed by atoms with E-state index in [-0.39, 0.29) is 42.0 Å². The molecule has 0 unspecified atom stereocenters. The van der Waals surface area contributed by atoms with Crippen LogP contribution in [-0.2, 0) is 39.1 Å². The van der Waals surface area contributed by atoms with Gasteiger partial charge in [-0.25, -0.2) is 17.5 Å². The van der Waals surface area contributed by atoms with Gasteiger partial charge >= 0.3 is 0 Å². The molecule has 0 saturated carbocycles. The molecular formula is C27H31FN4O4S. The Balaban J connectivity index is 1.69. The number of nitrogens with one attached hydrogen (secondary N) is 2. The van der Waals surface area contributed by atoms with Gasteiger partial charge in [-0.1, -0.05) is 31.2 Å². The van der Waals surface area contributed by atoms with Gasteiger partial charge in [0.15, 0.2) is 0 Å². The van der Waals surface area contributed by atoms with E-state index in [4.69, 9.17) is 0 Å². The molecule has 3 rings (SSSR count). The Bertz CT molecular complexity index is 1280. The van der Waals surface area contributed by atoms with E-state index in [1.165, 1.54) is 29.2 Å². The number of sulfonamides is 1. The molecule has 3 aromatic rings. The van der Waals surface area contributed by atoms with Gasteiger partial charge in [0, 0.05) is 38.4 Å². The third-order valence-electron chi connectivity index (χ3n) is 5.85. The van der Waals surface area contributed by atoms with Crippen LogP contribution >= 0.6 is 0 Å². The van der Waals surface area contributed by atoms with Crippen LogP contribution in [-0.4, -0.2) is 42.7 Å². The quantitative estimate of drug-likeness (QED) is 0.377. The van der Waals surface area contributed by atoms with Crippen LogP contribution < -0.4 is 10.0 Å². The van der Waals surface area contributed by atoms with E-state index in [1.54, 1.807) is 62.6 Å². The zero-order chi connectivity index (χ0) is 26.8. The highest BCUT2D eigenvalue weighted by Gasteiger charge is 2.26. The zero-order valence-electron chi connectivity index (χ0n) is 20.9. The number of pyridine rings is 1. The maximum Gasteiger partial charge on any atom is 0.242 e. The van der Waals surface area contributed by atoms with Gasteiger partial charge in [0.05, 0.1) is 4.90 Å². The molecule has 0 spiro atoms. The van der Waals surface area contributed by atoms with Gasteiger partial charge in [0.2, 0.25) is 21.8 Å². The van der Waals surface area contributed by atoms with Crippen molar-refractivity contribution < 1.29 is 22.4 Å². The van der Waals surface area contributed by atoms with Gasteiger partial charge in [-0.15, -0.1) is 0 Å². The normalized spacial score (nSPS) is 12.1. The lowest BCUT2D eigenvalue weighted by Gasteiger charge is -2.29. The number of carbonyl (C=O) groups excluding carboxylic acids is 2. The molecule has 2 aromatic carbocycles. The molecule has 1 aromatic heterocycles. The first kappa shape index (κ1) is 27.9. The molecule has 10 heteroatoms. The molecule has 1 atom stereocenters. The van der Waals surface area contributed by atoms with Crippen LogP contribution in [0.1, 0.15) is 37.0 Å². The van der Waals surface area contributed by atoms with Crippen LogP contribution in [0.3, 0.4) is 0 Å². The maximum absolute atomic E-state index is 13.4. The van der Waals surface area contributed by atoms with E-state index in [2.05, 4.69) is 15.0 Å². The van der Waals surface area contributed by atoms with Gasteiger partial charge < -0.3 is 10.2 Å². The Morgan fingerprint density at radius 2 is 1.57 bits per heavy atom. The molecule has 2 amide bonds. The first-order chi connectivity index (χ1) is 17.7. The second kappa shape index (κ2) is 13.1. The lowest BCUT2D eigenvalue weighted by atomic mass is 10.1. The molecule has 0 saturated heterocycles. The van der Waals surface area contributed by atoms with Gasteiger partial charge in [-0.05, 0) is 66.4 Å². The molecule has 0 bridgehead atoms. The van der Waals surface area contributed by atoms with Crippen molar-refractivity contribution in [3.63, 3.8) is 0 Å². The minimum atomic E-state index is -3.56. The third-order valence-corrected chi connectivity index (χ3v) is 7.41. The summed E-state index contributed by atoms with van der Waals surface area (Å²) in [5.41, 5.74) is 2.37. The summed E-state index contributed by atoms with van der Waals surface area (Å²) >= 11 is 0. The molecule has 2 N–H and O–H groups in total. The van der Waals surface area contributed by atoms with Crippen LogP contribution in [0.25, 0.3) is 0 Å². The van der Waals surface area contributed by atoms with Crippen LogP contribution in [0, 0.1) is 5.82 Å². The number of aryl methyl sites for hydroxylation is 1. The summed E-state index contributed by atoms with van der Waals surface area (Å²) in [6, 6.07) is 15.0. The molecule has 196 valence electrons. The minimum Gasteiger partial charge on any atom is -0.350 e. The fourth-order valence-electron chi connectivity index (χ4n) is 3.71. The number of rotatable bonds is 12. The predicted octanol–water partition coefficient (Wildman–Crippen LogP) is 3.19. The van der Waals surface area contributed by atoms with E-state index < -0.39 is 16.1 Å². The molecule has 8 nitrogen and oxygen atoms in total. The molecule has 0 aliphatic carbocycles. The molecule has 0 fully saturated rings. The smallest absolute Gasteiger partial charge is 0.242 e. The average molecular weight is 527 g/mol. The number of aromatic nitrogens is 1. The average Bonchev–Trinajstić information content (AvgIpc) is 2.90. The Morgan fingerprint density at radius 3 is 2.19 bits per heavy atom. The van der Waals surface area contributed by atoms with Crippen molar-refractivity contribution in [3.8, 4) is 0 Å². The minimum absolute atomic E-state index is 0.114. The fraction of sp³-hybridized carbons (Fsp3) is 0.296. The number of nitrogens with zero attached hydrogens (tertiary/aromatic N) is 2. The standard InChI is InChI=1S/C27H31FN4O4S/c1-3-31-37(35,36)25-11-6-21(7-12-25)8-13-26(33)32(19-23-4-9-24(28)10-5-23)20(2)27(34)30-18-22-14-16-29-17-15-22/h4-7,9-12,14-17,20,31H,3,8,13,18-19H2,1-2H3,(H,30,34)/t20-/m1/s1. The topological polar surface area (TPSA) is 108 Å². The summed E-state index contributed by atoms with van der Waals surface area (Å²) in [5, 5.41) is 2.85. The highest BCUT2D eigenvalue weighted by Crippen LogP contribution is 2.16. The van der Waals surface area contributed by atoms with Crippen LogP contribution in [0.4, 0.5) is 4.39 Å². The van der Waals surface area contributed by atoms with Crippen molar-refractivity contribution in [3.05, 3.63) is 95.6 Å². The molecule has 0 aliphatic heterocycles. The summed E-state index contributed by atoms with van der Waals surface area (Å²) in [6.45, 7) is 4.09. The lowest BCUT2D eigenvalue weighted by molar-refractivity contribution is -0.140. The number of carbonyl (C=O) groups is 2. The summed E-state index contributed by atoms with van der Waals surface area (Å²) < 4.78 is 40.1. The Kier molecular flexibility index (Phi) is 9.87. The monoisotopic (exact) mass is 526 g/mol. The summed E-state index contributed by atoms with van der Waals surface area (Å²) in [4.78, 5) is 31.8. The van der Waals surface area contributed by atoms with E-state index in [0.29, 0.717) is 18.5 Å². The second-order valence-corrected chi connectivity index (χ2v) is 10.3. The highest BCUT2D eigenvalue weighted by atomic mass is 32.2. The van der Waals surface area contributed by atoms with Crippen LogP contribution in [0.2, 0.25) is 0 Å². The van der Waals surface area contributed by atoms with E-state index in [0.717, 1.165) is 11.1 Å². The first-order valence-corrected chi connectivity index (χ1v) is 13.5. The van der Waals surface area contributed by atoms with Crippen LogP contribution in [0.5, 0.6) is 0 Å². The Hall–Kier alpha value is -3.63. The van der Waals surface area contributed by atoms with Crippen molar-refractivity contribution in [2.45, 2.75) is 50.7 Å². The maximum atomic E-state index is 13.4. The predicted molar refractivity (Wildman–Crippen MR) is 138 cm³/mol. The van der Waals surface area contributed by atoms with E-state index in [9.17, 15) is 22.4 Å². The van der Waals surface area contributed by atoms with Crippen molar-refractivity contribution in [2.75, 3.05) is 6.54 Å². The van der Waals surface area contributed by atoms with Crippen LogP contribution in [0.15, 0.2) is 78.0 Å². The van der Waals surface area contributed by atoms with Gasteiger partial charge in [0.1, 0.15) is 11.9 Å². The van der Waals surface area contributed by atoms with E-state index >= 15 is 0 Å². The summed E-state index contributed by atoms with van der Waals surface area (Å²) in [5.74, 6) is -0.949. The zero-order valence-corrected chi connectivity index (χ0v) is 21.7.